The fraction of sp³-hybridized carbons (Fsp3) is 0. The number of hydrogen-bond donors (Lipinski definition) is 1. The van der Waals surface area contributed by atoms with E-state index < -0.39 is 0 Å². The Bertz CT molecular complexity index is 1080. The van der Waals surface area contributed by atoms with E-state index in [1.54, 1.807) is 0 Å². The Kier molecular flexibility index (Phi) is 6.23. The fourth-order valence-electron chi connectivity index (χ4n) is 2.50. The summed E-state index contributed by atoms with van der Waals surface area (Å²) in [6.45, 7) is 0. The number of benzene rings is 3. The molecular formula is C21H17N5S. The second kappa shape index (κ2) is 9.22. The van der Waals surface area contributed by atoms with Gasteiger partial charge >= 0.3 is 0 Å². The van der Waals surface area contributed by atoms with Crippen molar-refractivity contribution in [1.29, 1.82) is 5.26 Å². The monoisotopic (exact) mass is 371 g/mol. The van der Waals surface area contributed by atoms with Gasteiger partial charge in [0, 0.05) is 0 Å². The van der Waals surface area contributed by atoms with Gasteiger partial charge in [0.2, 0.25) is 5.62 Å². The predicted molar refractivity (Wildman–Crippen MR) is 107 cm³/mol. The van der Waals surface area contributed by atoms with Gasteiger partial charge in [-0.2, -0.15) is 19.6 Å². The molecular weight excluding hydrogens is 354 g/mol. The van der Waals surface area contributed by atoms with Gasteiger partial charge in [-0.15, -0.1) is 0 Å². The zero-order valence-corrected chi connectivity index (χ0v) is 15.3. The third-order valence-electron chi connectivity index (χ3n) is 3.68. The van der Waals surface area contributed by atoms with Crippen molar-refractivity contribution in [3.05, 3.63) is 103 Å². The molecule has 0 aliphatic heterocycles. The number of thiol groups is 1. The lowest BCUT2D eigenvalue weighted by Gasteiger charge is -1.97. The topological polar surface area (TPSA) is 59.1 Å². The average Bonchev–Trinajstić information content (AvgIpc) is 3.14. The Hall–Kier alpha value is -3.56. The Labute approximate surface area is 162 Å². The molecule has 0 atom stereocenters. The van der Waals surface area contributed by atoms with Crippen LogP contribution in [0.15, 0.2) is 102 Å². The van der Waals surface area contributed by atoms with E-state index in [0.29, 0.717) is 5.62 Å². The van der Waals surface area contributed by atoms with Crippen LogP contribution in [0.2, 0.25) is 0 Å². The van der Waals surface area contributed by atoms with Gasteiger partial charge in [-0.3, -0.25) is 0 Å². The van der Waals surface area contributed by atoms with Gasteiger partial charge in [0.1, 0.15) is 16.8 Å². The maximum atomic E-state index is 7.18. The smallest absolute Gasteiger partial charge is 0.264 e. The van der Waals surface area contributed by atoms with Gasteiger partial charge in [-0.25, -0.2) is 0 Å². The minimum atomic E-state index is 0.635. The largest absolute Gasteiger partial charge is 0.323 e. The molecule has 1 heterocycles. The summed E-state index contributed by atoms with van der Waals surface area (Å²) in [4.78, 5) is 4.69. The quantitative estimate of drug-likeness (QED) is 0.341. The molecule has 0 radical (unpaired) electrons. The van der Waals surface area contributed by atoms with E-state index in [4.69, 9.17) is 10.3 Å². The molecule has 132 valence electrons. The molecule has 6 heteroatoms. The summed E-state index contributed by atoms with van der Waals surface area (Å²) in [5, 5.41) is 13.3. The molecule has 0 aliphatic carbocycles. The first kappa shape index (κ1) is 18.2. The number of thiocyanates is 1. The summed E-state index contributed by atoms with van der Waals surface area (Å²) in [5.74, 6) is 0. The van der Waals surface area contributed by atoms with Crippen LogP contribution in [0, 0.1) is 10.7 Å². The Morgan fingerprint density at radius 1 is 0.852 bits per heavy atom. The third-order valence-corrected chi connectivity index (χ3v) is 3.68. The number of rotatable bonds is 3. The minimum absolute atomic E-state index is 0.635. The lowest BCUT2D eigenvalue weighted by molar-refractivity contribution is -0.663. The van der Waals surface area contributed by atoms with E-state index in [1.807, 2.05) is 107 Å². The fourth-order valence-corrected chi connectivity index (χ4v) is 2.50. The van der Waals surface area contributed by atoms with Crippen molar-refractivity contribution in [2.75, 3.05) is 0 Å². The number of aromatic nitrogens is 3. The van der Waals surface area contributed by atoms with Crippen LogP contribution < -0.4 is 15.4 Å². The van der Waals surface area contributed by atoms with Gasteiger partial charge in [0.25, 0.3) is 6.33 Å². The number of nitriles is 1. The molecule has 0 N–H and O–H groups in total. The Balaban J connectivity index is 0.000000659. The first-order valence-corrected chi connectivity index (χ1v) is 8.68. The zero-order valence-electron chi connectivity index (χ0n) is 14.4. The van der Waals surface area contributed by atoms with Gasteiger partial charge in [0.15, 0.2) is 0 Å². The molecule has 0 spiro atoms. The highest BCUT2D eigenvalue weighted by Crippen LogP contribution is 2.09. The van der Waals surface area contributed by atoms with E-state index in [2.05, 4.69) is 17.7 Å². The van der Waals surface area contributed by atoms with Crippen LogP contribution in [0.3, 0.4) is 0 Å². The van der Waals surface area contributed by atoms with Crippen molar-refractivity contribution in [2.24, 2.45) is 4.99 Å². The lowest BCUT2D eigenvalue weighted by atomic mass is 10.3. The van der Waals surface area contributed by atoms with Crippen LogP contribution in [0.5, 0.6) is 0 Å². The van der Waals surface area contributed by atoms with Crippen molar-refractivity contribution in [1.82, 2.24) is 9.67 Å². The molecule has 0 saturated carbocycles. The minimum Gasteiger partial charge on any atom is -0.323 e. The van der Waals surface area contributed by atoms with E-state index >= 15 is 0 Å². The van der Waals surface area contributed by atoms with Gasteiger partial charge < -0.3 is 4.99 Å². The molecule has 0 saturated heterocycles. The standard InChI is InChI=1S/C20H16N4.CHNS/c1-4-10-17(11-5-1)21-20-22-24(19-14-8-3-9-15-19)16-23(20)18-12-6-2-7-13-18;2-1-3/h1-16H;3H. The Morgan fingerprint density at radius 3 is 1.96 bits per heavy atom. The van der Waals surface area contributed by atoms with Crippen LogP contribution in [0.1, 0.15) is 0 Å². The van der Waals surface area contributed by atoms with Crippen molar-refractivity contribution >= 4 is 18.3 Å². The molecule has 1 aromatic heterocycles. The molecule has 0 aliphatic rings. The summed E-state index contributed by atoms with van der Waals surface area (Å²) in [6, 6.07) is 30.0. The van der Waals surface area contributed by atoms with Crippen LogP contribution in [0.4, 0.5) is 5.69 Å². The van der Waals surface area contributed by atoms with Crippen LogP contribution in [-0.2, 0) is 0 Å². The van der Waals surface area contributed by atoms with Crippen LogP contribution >= 0.6 is 12.6 Å². The lowest BCUT2D eigenvalue weighted by Crippen LogP contribution is -2.36. The van der Waals surface area contributed by atoms with Crippen LogP contribution in [0.25, 0.3) is 11.4 Å². The molecule has 4 aromatic rings. The average molecular weight is 371 g/mol. The number of nitrogens with zero attached hydrogens (tertiary/aromatic N) is 5. The zero-order chi connectivity index (χ0) is 18.9. The highest BCUT2D eigenvalue weighted by molar-refractivity contribution is 7.85. The molecule has 0 unspecified atom stereocenters. The van der Waals surface area contributed by atoms with Crippen molar-refractivity contribution in [3.8, 4) is 16.8 Å². The molecule has 27 heavy (non-hydrogen) atoms. The number of para-hydroxylation sites is 3. The van der Waals surface area contributed by atoms with Crippen LogP contribution in [-0.4, -0.2) is 4.57 Å². The second-order valence-corrected chi connectivity index (χ2v) is 5.65. The summed E-state index contributed by atoms with van der Waals surface area (Å²) in [7, 11) is 0. The first-order valence-electron chi connectivity index (χ1n) is 8.24. The van der Waals surface area contributed by atoms with Crippen molar-refractivity contribution < 1.29 is 4.68 Å². The highest BCUT2D eigenvalue weighted by Gasteiger charge is 2.09. The normalized spacial score (nSPS) is 10.6. The molecule has 0 fully saturated rings. The van der Waals surface area contributed by atoms with Gasteiger partial charge in [0.05, 0.1) is 0 Å². The molecule has 3 aromatic carbocycles. The van der Waals surface area contributed by atoms with Gasteiger partial charge in [-0.05, 0) is 30.0 Å². The first-order chi connectivity index (χ1) is 13.3. The van der Waals surface area contributed by atoms with E-state index in [1.165, 1.54) is 5.40 Å². The van der Waals surface area contributed by atoms with Crippen molar-refractivity contribution in [3.63, 3.8) is 0 Å². The van der Waals surface area contributed by atoms with E-state index in [-0.39, 0.29) is 0 Å². The summed E-state index contributed by atoms with van der Waals surface area (Å²) in [5.41, 5.74) is 3.53. The SMILES string of the molecule is N#CS.c1ccc(N=c2[n-][n+](-c3ccccc3)cn2-c2ccccc2)cc1. The van der Waals surface area contributed by atoms with Gasteiger partial charge in [-0.1, -0.05) is 79.4 Å². The molecule has 5 nitrogen and oxygen atoms in total. The molecule has 0 bridgehead atoms. The molecule has 0 amide bonds. The summed E-state index contributed by atoms with van der Waals surface area (Å²) in [6.07, 6.45) is 1.95. The Morgan fingerprint density at radius 2 is 1.37 bits per heavy atom. The maximum absolute atomic E-state index is 7.18. The van der Waals surface area contributed by atoms with E-state index in [9.17, 15) is 0 Å². The number of hydrogen-bond acceptors (Lipinski definition) is 3. The third kappa shape index (κ3) is 4.75. The second-order valence-electron chi connectivity index (χ2n) is 5.45. The predicted octanol–water partition coefficient (Wildman–Crippen LogP) is 3.34. The van der Waals surface area contributed by atoms with Crippen molar-refractivity contribution in [2.45, 2.75) is 0 Å². The highest BCUT2D eigenvalue weighted by atomic mass is 32.1. The summed E-state index contributed by atoms with van der Waals surface area (Å²) >= 11 is 3.09. The maximum Gasteiger partial charge on any atom is 0.264 e. The van der Waals surface area contributed by atoms with E-state index in [0.717, 1.165) is 17.1 Å². The summed E-state index contributed by atoms with van der Waals surface area (Å²) < 4.78 is 3.83. The molecule has 4 rings (SSSR count).